The number of nitrogens with zero attached hydrogens (tertiary/aromatic N) is 1. The topological polar surface area (TPSA) is 150 Å². The van der Waals surface area contributed by atoms with Crippen molar-refractivity contribution in [1.82, 2.24) is 5.32 Å². The maximum Gasteiger partial charge on any atom is 0.333 e. The number of nitro groups is 1. The van der Waals surface area contributed by atoms with Crippen LogP contribution < -0.4 is 5.32 Å². The molecule has 0 radical (unpaired) electrons. The summed E-state index contributed by atoms with van der Waals surface area (Å²) in [4.78, 5) is 33.5. The molecule has 2 atom stereocenters. The number of carbonyl (C=O) groups is 2. The molecule has 0 bridgehead atoms. The van der Waals surface area contributed by atoms with Crippen LogP contribution in [0.3, 0.4) is 0 Å². The highest BCUT2D eigenvalue weighted by Crippen LogP contribution is 2.32. The lowest BCUT2D eigenvalue weighted by Gasteiger charge is -2.37. The van der Waals surface area contributed by atoms with Gasteiger partial charge in [-0.25, -0.2) is 4.79 Å². The normalized spacial score (nSPS) is 20.5. The minimum atomic E-state index is -1.41. The van der Waals surface area contributed by atoms with E-state index in [4.69, 9.17) is 5.11 Å². The zero-order chi connectivity index (χ0) is 21.3. The second-order valence-corrected chi connectivity index (χ2v) is 6.25. The average molecular weight is 392 g/mol. The van der Waals surface area contributed by atoms with Crippen LogP contribution in [0.4, 0.5) is 5.69 Å². The number of aliphatic hydroxyl groups is 1. The van der Waals surface area contributed by atoms with Gasteiger partial charge in [-0.3, -0.25) is 14.9 Å². The van der Waals surface area contributed by atoms with Gasteiger partial charge in [0.2, 0.25) is 0 Å². The Bertz CT molecular complexity index is 786. The minimum absolute atomic E-state index is 0.0457. The third-order valence-electron chi connectivity index (χ3n) is 4.30. The number of benzene rings is 1. The van der Waals surface area contributed by atoms with Gasteiger partial charge in [0.25, 0.3) is 5.69 Å². The smallest absolute Gasteiger partial charge is 0.333 e. The van der Waals surface area contributed by atoms with E-state index in [1.165, 1.54) is 43.4 Å². The quantitative estimate of drug-likeness (QED) is 0.407. The standard InChI is InChI=1S/C16H16N2O6.C3H8O/c1-16(11(14(19)20)6-4-7-12(16)15(21)22)17-9-10-5-2-3-8-13(10)18(23)24;1-2-3-4/h2-8,11,17H,9H2,1H3,(H,19,20)(H,21,22);4H,2-3H2,1H3. The molecule has 4 N–H and O–H groups in total. The molecule has 1 aliphatic rings. The van der Waals surface area contributed by atoms with Crippen LogP contribution in [0.5, 0.6) is 0 Å². The lowest BCUT2D eigenvalue weighted by atomic mass is 9.75. The van der Waals surface area contributed by atoms with Crippen LogP contribution in [0.15, 0.2) is 48.1 Å². The predicted molar refractivity (Wildman–Crippen MR) is 102 cm³/mol. The fraction of sp³-hybridized carbons (Fsp3) is 0.368. The van der Waals surface area contributed by atoms with Gasteiger partial charge < -0.3 is 20.6 Å². The van der Waals surface area contributed by atoms with Crippen LogP contribution in [0.2, 0.25) is 0 Å². The Hall–Kier alpha value is -3.04. The molecule has 2 unspecified atom stereocenters. The number of para-hydroxylation sites is 1. The van der Waals surface area contributed by atoms with E-state index < -0.39 is 28.3 Å². The largest absolute Gasteiger partial charge is 0.481 e. The second-order valence-electron chi connectivity index (χ2n) is 6.25. The maximum absolute atomic E-state index is 11.5. The molecule has 152 valence electrons. The number of carboxylic acids is 2. The predicted octanol–water partition coefficient (Wildman–Crippen LogP) is 2.11. The van der Waals surface area contributed by atoms with Crippen molar-refractivity contribution in [2.75, 3.05) is 6.61 Å². The van der Waals surface area contributed by atoms with E-state index in [0.717, 1.165) is 6.42 Å². The third-order valence-corrected chi connectivity index (χ3v) is 4.30. The summed E-state index contributed by atoms with van der Waals surface area (Å²) in [6.07, 6.45) is 4.98. The van der Waals surface area contributed by atoms with Crippen molar-refractivity contribution in [2.24, 2.45) is 5.92 Å². The summed E-state index contributed by atoms with van der Waals surface area (Å²) in [6.45, 7) is 3.67. The van der Waals surface area contributed by atoms with Crippen molar-refractivity contribution >= 4 is 17.6 Å². The Morgan fingerprint density at radius 1 is 1.29 bits per heavy atom. The first-order valence-electron chi connectivity index (χ1n) is 8.62. The summed E-state index contributed by atoms with van der Waals surface area (Å²) in [5, 5.41) is 40.6. The molecule has 1 aromatic rings. The van der Waals surface area contributed by atoms with E-state index in [9.17, 15) is 29.9 Å². The van der Waals surface area contributed by atoms with Gasteiger partial charge in [0.05, 0.1) is 22.0 Å². The van der Waals surface area contributed by atoms with Crippen LogP contribution in [0, 0.1) is 16.0 Å². The first-order chi connectivity index (χ1) is 13.2. The van der Waals surface area contributed by atoms with E-state index in [1.807, 2.05) is 6.92 Å². The van der Waals surface area contributed by atoms with Crippen LogP contribution in [-0.2, 0) is 16.1 Å². The molecule has 9 nitrogen and oxygen atoms in total. The molecule has 0 spiro atoms. The first kappa shape index (κ1) is 23.0. The van der Waals surface area contributed by atoms with Crippen molar-refractivity contribution < 1.29 is 29.8 Å². The van der Waals surface area contributed by atoms with Crippen LogP contribution >= 0.6 is 0 Å². The van der Waals surface area contributed by atoms with Gasteiger partial charge in [-0.2, -0.15) is 0 Å². The van der Waals surface area contributed by atoms with E-state index in [1.54, 1.807) is 6.07 Å². The van der Waals surface area contributed by atoms with Crippen molar-refractivity contribution in [3.63, 3.8) is 0 Å². The summed E-state index contributed by atoms with van der Waals surface area (Å²) in [7, 11) is 0. The number of nitrogens with one attached hydrogen (secondary N) is 1. The molecule has 9 heteroatoms. The average Bonchev–Trinajstić information content (AvgIpc) is 2.66. The molecule has 28 heavy (non-hydrogen) atoms. The molecule has 0 aromatic heterocycles. The summed E-state index contributed by atoms with van der Waals surface area (Å²) in [5.74, 6) is -3.55. The van der Waals surface area contributed by atoms with E-state index >= 15 is 0 Å². The Morgan fingerprint density at radius 3 is 2.39 bits per heavy atom. The second kappa shape index (κ2) is 10.3. The number of hydrogen-bond donors (Lipinski definition) is 4. The van der Waals surface area contributed by atoms with Crippen molar-refractivity contribution in [3.8, 4) is 0 Å². The van der Waals surface area contributed by atoms with Gasteiger partial charge in [-0.1, -0.05) is 43.4 Å². The lowest BCUT2D eigenvalue weighted by molar-refractivity contribution is -0.385. The molecular formula is C19H24N2O7. The van der Waals surface area contributed by atoms with Crippen LogP contribution in [0.1, 0.15) is 25.8 Å². The minimum Gasteiger partial charge on any atom is -0.481 e. The van der Waals surface area contributed by atoms with Crippen molar-refractivity contribution in [3.05, 3.63) is 63.7 Å². The number of aliphatic carboxylic acids is 2. The molecule has 0 aliphatic heterocycles. The molecule has 0 saturated carbocycles. The van der Waals surface area contributed by atoms with Crippen molar-refractivity contribution in [2.45, 2.75) is 32.4 Å². The summed E-state index contributed by atoms with van der Waals surface area (Å²) in [5.41, 5.74) is -1.30. The van der Waals surface area contributed by atoms with Gasteiger partial charge in [-0.05, 0) is 13.3 Å². The maximum atomic E-state index is 11.5. The highest BCUT2D eigenvalue weighted by Gasteiger charge is 2.44. The lowest BCUT2D eigenvalue weighted by Crippen LogP contribution is -2.54. The molecule has 1 aliphatic carbocycles. The molecular weight excluding hydrogens is 368 g/mol. The summed E-state index contributed by atoms with van der Waals surface area (Å²) >= 11 is 0. The molecule has 0 heterocycles. The van der Waals surface area contributed by atoms with Crippen LogP contribution in [0.25, 0.3) is 0 Å². The van der Waals surface area contributed by atoms with E-state index in [-0.39, 0.29) is 17.8 Å². The molecule has 0 amide bonds. The summed E-state index contributed by atoms with van der Waals surface area (Å²) in [6, 6.07) is 6.01. The fourth-order valence-electron chi connectivity index (χ4n) is 2.74. The van der Waals surface area contributed by atoms with Gasteiger partial charge in [0, 0.05) is 24.8 Å². The molecule has 0 saturated heterocycles. The third kappa shape index (κ3) is 5.48. The molecule has 2 rings (SSSR count). The molecule has 0 fully saturated rings. The Kier molecular flexibility index (Phi) is 8.49. The zero-order valence-electron chi connectivity index (χ0n) is 15.7. The molecule has 1 aromatic carbocycles. The number of nitro benzene ring substituents is 1. The zero-order valence-corrected chi connectivity index (χ0v) is 15.7. The summed E-state index contributed by atoms with van der Waals surface area (Å²) < 4.78 is 0. The fourth-order valence-corrected chi connectivity index (χ4v) is 2.74. The Balaban J connectivity index is 0.000000892. The number of rotatable bonds is 7. The SMILES string of the molecule is CC1(NCc2ccccc2[N+](=O)[O-])C(C(=O)O)=CC=CC1C(=O)O.CCCO. The highest BCUT2D eigenvalue weighted by atomic mass is 16.6. The highest BCUT2D eigenvalue weighted by molar-refractivity contribution is 5.92. The van der Waals surface area contributed by atoms with Gasteiger partial charge >= 0.3 is 11.9 Å². The van der Waals surface area contributed by atoms with Crippen LogP contribution in [-0.4, -0.2) is 44.3 Å². The monoisotopic (exact) mass is 392 g/mol. The number of allylic oxidation sites excluding steroid dienone is 2. The Labute approximate surface area is 162 Å². The number of aliphatic hydroxyl groups excluding tert-OH is 1. The van der Waals surface area contributed by atoms with Gasteiger partial charge in [0.15, 0.2) is 0 Å². The Morgan fingerprint density at radius 2 is 1.89 bits per heavy atom. The first-order valence-corrected chi connectivity index (χ1v) is 8.62. The van der Waals surface area contributed by atoms with Crippen molar-refractivity contribution in [1.29, 1.82) is 0 Å². The number of hydrogen-bond acceptors (Lipinski definition) is 6. The van der Waals surface area contributed by atoms with Gasteiger partial charge in [-0.15, -0.1) is 0 Å². The number of carboxylic acid groups (broad SMARTS) is 2. The van der Waals surface area contributed by atoms with E-state index in [0.29, 0.717) is 12.2 Å². The van der Waals surface area contributed by atoms with Gasteiger partial charge in [0.1, 0.15) is 0 Å². The van der Waals surface area contributed by atoms with E-state index in [2.05, 4.69) is 5.32 Å².